The van der Waals surface area contributed by atoms with Gasteiger partial charge in [-0.05, 0) is 35.4 Å². The Morgan fingerprint density at radius 1 is 0.844 bits per heavy atom. The molecule has 1 saturated heterocycles. The zero-order valence-corrected chi connectivity index (χ0v) is 24.8. The highest BCUT2D eigenvalue weighted by molar-refractivity contribution is 7.99. The third-order valence-electron chi connectivity index (χ3n) is 7.47. The van der Waals surface area contributed by atoms with Crippen molar-refractivity contribution in [3.63, 3.8) is 0 Å². The number of halogens is 5. The van der Waals surface area contributed by atoms with Gasteiger partial charge < -0.3 is 24.6 Å². The van der Waals surface area contributed by atoms with Crippen LogP contribution in [0.15, 0.2) is 77.7 Å². The van der Waals surface area contributed by atoms with Gasteiger partial charge >= 0.3 is 0 Å². The number of thioether (sulfide) groups is 1. The molecule has 6 nitrogen and oxygen atoms in total. The molecule has 1 amide bonds. The molecule has 45 heavy (non-hydrogen) atoms. The summed E-state index contributed by atoms with van der Waals surface area (Å²) in [7, 11) is 1.60. The van der Waals surface area contributed by atoms with Gasteiger partial charge in [-0.3, -0.25) is 4.79 Å². The predicted molar refractivity (Wildman–Crippen MR) is 157 cm³/mol. The van der Waals surface area contributed by atoms with E-state index in [2.05, 4.69) is 5.32 Å². The average Bonchev–Trinajstić information content (AvgIpc) is 3.06. The maximum Gasteiger partial charge on any atom is 0.261 e. The zero-order valence-electron chi connectivity index (χ0n) is 24.0. The van der Waals surface area contributed by atoms with Crippen molar-refractivity contribution in [1.82, 2.24) is 0 Å². The lowest BCUT2D eigenvalue weighted by Gasteiger charge is -2.41. The molecule has 4 aromatic carbocycles. The van der Waals surface area contributed by atoms with Crippen LogP contribution in [0.3, 0.4) is 0 Å². The van der Waals surface area contributed by atoms with E-state index >= 15 is 0 Å². The Balaban J connectivity index is 1.37. The molecule has 2 N–H and O–H groups in total. The number of rotatable bonds is 9. The SMILES string of the molecule is COc1ccccc1SC[C@@H]1O[C@H](c2ccc(NC(=O)c3c(F)c(F)c(F)c(F)c3F)cc2)O[C@H](c2ccc(CO)cc2)[C@@H]1C. The molecule has 0 spiro atoms. The van der Waals surface area contributed by atoms with E-state index in [1.54, 1.807) is 31.0 Å². The second-order valence-electron chi connectivity index (χ2n) is 10.3. The first-order valence-electron chi connectivity index (χ1n) is 13.8. The molecular formula is C33H28F5NO5S. The minimum atomic E-state index is -2.35. The molecule has 0 aromatic heterocycles. The Morgan fingerprint density at radius 3 is 2.07 bits per heavy atom. The number of amides is 1. The number of methoxy groups -OCH3 is 1. The minimum Gasteiger partial charge on any atom is -0.496 e. The van der Waals surface area contributed by atoms with Gasteiger partial charge in [0.05, 0.1) is 25.9 Å². The summed E-state index contributed by atoms with van der Waals surface area (Å²) in [6.45, 7) is 1.92. The fourth-order valence-electron chi connectivity index (χ4n) is 4.94. The lowest BCUT2D eigenvalue weighted by Crippen LogP contribution is -2.38. The van der Waals surface area contributed by atoms with Crippen molar-refractivity contribution in [1.29, 1.82) is 0 Å². The van der Waals surface area contributed by atoms with Crippen LogP contribution in [0.25, 0.3) is 0 Å². The predicted octanol–water partition coefficient (Wildman–Crippen LogP) is 7.72. The molecule has 0 saturated carbocycles. The van der Waals surface area contributed by atoms with Crippen LogP contribution in [0.1, 0.15) is 46.4 Å². The fraction of sp³-hybridized carbons (Fsp3) is 0.242. The molecule has 5 rings (SSSR count). The van der Waals surface area contributed by atoms with Crippen molar-refractivity contribution in [2.75, 3.05) is 18.2 Å². The van der Waals surface area contributed by atoms with Gasteiger partial charge in [0.2, 0.25) is 5.82 Å². The summed E-state index contributed by atoms with van der Waals surface area (Å²) >= 11 is 1.57. The highest BCUT2D eigenvalue weighted by atomic mass is 32.2. The summed E-state index contributed by atoms with van der Waals surface area (Å²) in [5.41, 5.74) is 0.638. The smallest absolute Gasteiger partial charge is 0.261 e. The third-order valence-corrected chi connectivity index (χ3v) is 8.62. The summed E-state index contributed by atoms with van der Waals surface area (Å²) in [4.78, 5) is 13.4. The van der Waals surface area contributed by atoms with E-state index in [9.17, 15) is 31.9 Å². The van der Waals surface area contributed by atoms with Crippen LogP contribution < -0.4 is 10.1 Å². The summed E-state index contributed by atoms with van der Waals surface area (Å²) < 4.78 is 87.2. The van der Waals surface area contributed by atoms with Crippen molar-refractivity contribution in [3.8, 4) is 5.75 Å². The van der Waals surface area contributed by atoms with E-state index in [1.165, 1.54) is 12.1 Å². The van der Waals surface area contributed by atoms with Gasteiger partial charge in [-0.25, -0.2) is 22.0 Å². The first-order valence-corrected chi connectivity index (χ1v) is 14.8. The summed E-state index contributed by atoms with van der Waals surface area (Å²) in [5.74, 6) is -11.5. The van der Waals surface area contributed by atoms with Crippen LogP contribution in [0.5, 0.6) is 5.75 Å². The van der Waals surface area contributed by atoms with Crippen molar-refractivity contribution in [2.45, 2.75) is 36.9 Å². The molecule has 0 radical (unpaired) electrons. The van der Waals surface area contributed by atoms with Crippen molar-refractivity contribution < 1.29 is 46.1 Å². The number of aliphatic hydroxyl groups is 1. The number of para-hydroxylation sites is 1. The molecule has 236 valence electrons. The monoisotopic (exact) mass is 645 g/mol. The summed E-state index contributed by atoms with van der Waals surface area (Å²) in [6.07, 6.45) is -1.55. The first-order chi connectivity index (χ1) is 21.6. The second kappa shape index (κ2) is 14.0. The maximum absolute atomic E-state index is 14.1. The number of carbonyl (C=O) groups excluding carboxylic acids is 1. The number of anilines is 1. The Morgan fingerprint density at radius 2 is 1.44 bits per heavy atom. The van der Waals surface area contributed by atoms with Gasteiger partial charge in [0.1, 0.15) is 11.3 Å². The number of aliphatic hydroxyl groups excluding tert-OH is 1. The van der Waals surface area contributed by atoms with E-state index in [0.29, 0.717) is 11.3 Å². The van der Waals surface area contributed by atoms with Crippen molar-refractivity contribution in [2.24, 2.45) is 5.92 Å². The standard InChI is InChI=1S/C33H28F5NO5S/c1-17-23(16-45-24-6-4-3-5-22(24)42-2)43-33(44-31(17)19-9-7-18(15-40)8-10-19)20-11-13-21(14-12-20)39-32(41)25-26(34)28(36)30(38)29(37)27(25)35/h3-14,17,23,31,33,40H,15-16H2,1-2H3,(H,39,41)/t17-,23+,31+,33+/m1/s1. The van der Waals surface area contributed by atoms with Crippen molar-refractivity contribution >= 4 is 23.4 Å². The van der Waals surface area contributed by atoms with Gasteiger partial charge in [-0.2, -0.15) is 0 Å². The Hall–Kier alpha value is -3.97. The molecule has 1 aliphatic rings. The third kappa shape index (κ3) is 6.84. The zero-order chi connectivity index (χ0) is 32.2. The molecule has 4 atom stereocenters. The van der Waals surface area contributed by atoms with Gasteiger partial charge in [-0.1, -0.05) is 55.5 Å². The van der Waals surface area contributed by atoms with Crippen LogP contribution in [0.4, 0.5) is 27.6 Å². The van der Waals surface area contributed by atoms with Crippen LogP contribution in [-0.4, -0.2) is 30.0 Å². The topological polar surface area (TPSA) is 77.0 Å². The molecule has 1 fully saturated rings. The van der Waals surface area contributed by atoms with Crippen molar-refractivity contribution in [3.05, 3.63) is 124 Å². The molecule has 1 heterocycles. The Labute approximate surface area is 260 Å². The van der Waals surface area contributed by atoms with Crippen LogP contribution in [0.2, 0.25) is 0 Å². The van der Waals surface area contributed by atoms with Crippen LogP contribution >= 0.6 is 11.8 Å². The van der Waals surface area contributed by atoms with Gasteiger partial charge in [0, 0.05) is 27.8 Å². The quantitative estimate of drug-likeness (QED) is 0.0841. The molecule has 4 aromatic rings. The maximum atomic E-state index is 14.1. The number of ether oxygens (including phenoxy) is 3. The number of hydrogen-bond donors (Lipinski definition) is 2. The molecular weight excluding hydrogens is 617 g/mol. The van der Waals surface area contributed by atoms with E-state index in [1.807, 2.05) is 55.5 Å². The lowest BCUT2D eigenvalue weighted by molar-refractivity contribution is -0.268. The van der Waals surface area contributed by atoms with Crippen LogP contribution in [-0.2, 0) is 16.1 Å². The molecule has 0 bridgehead atoms. The van der Waals surface area contributed by atoms with Gasteiger partial charge in [-0.15, -0.1) is 11.8 Å². The van der Waals surface area contributed by atoms with Gasteiger partial charge in [0.25, 0.3) is 5.91 Å². The lowest BCUT2D eigenvalue weighted by atomic mass is 9.91. The summed E-state index contributed by atoms with van der Waals surface area (Å²) in [6, 6.07) is 20.9. The largest absolute Gasteiger partial charge is 0.496 e. The number of carbonyl (C=O) groups is 1. The minimum absolute atomic E-state index is 0.0382. The summed E-state index contributed by atoms with van der Waals surface area (Å²) in [5, 5.41) is 11.6. The van der Waals surface area contributed by atoms with Gasteiger partial charge in [0.15, 0.2) is 29.6 Å². The Kier molecular flexibility index (Phi) is 10.1. The highest BCUT2D eigenvalue weighted by Gasteiger charge is 2.38. The fourth-order valence-corrected chi connectivity index (χ4v) is 6.14. The number of nitrogens with one attached hydrogen (secondary N) is 1. The van der Waals surface area contributed by atoms with E-state index in [-0.39, 0.29) is 24.3 Å². The van der Waals surface area contributed by atoms with E-state index in [4.69, 9.17) is 14.2 Å². The molecule has 0 aliphatic carbocycles. The molecule has 0 unspecified atom stereocenters. The number of benzene rings is 4. The first kappa shape index (κ1) is 32.4. The Bertz CT molecular complexity index is 1640. The van der Waals surface area contributed by atoms with E-state index < -0.39 is 53.0 Å². The second-order valence-corrected chi connectivity index (χ2v) is 11.4. The van der Waals surface area contributed by atoms with Crippen LogP contribution in [0, 0.1) is 35.0 Å². The van der Waals surface area contributed by atoms with E-state index in [0.717, 1.165) is 21.8 Å². The number of hydrogen-bond acceptors (Lipinski definition) is 6. The normalized spacial score (nSPS) is 19.7. The highest BCUT2D eigenvalue weighted by Crippen LogP contribution is 2.43. The molecule has 12 heteroatoms. The average molecular weight is 646 g/mol. The molecule has 1 aliphatic heterocycles.